The summed E-state index contributed by atoms with van der Waals surface area (Å²) in [4.78, 5) is 6.76. The molecule has 102 valence electrons. The Morgan fingerprint density at radius 1 is 1.42 bits per heavy atom. The largest absolute Gasteiger partial charge is 0.384 e. The summed E-state index contributed by atoms with van der Waals surface area (Å²) in [5.41, 5.74) is 6.40. The number of nitrogen functional groups attached to an aromatic ring is 1. The molecule has 2 aliphatic rings. The van der Waals surface area contributed by atoms with Gasteiger partial charge < -0.3 is 15.4 Å². The molecular weight excluding hydrogens is 240 g/mol. The van der Waals surface area contributed by atoms with Gasteiger partial charge in [-0.2, -0.15) is 0 Å². The summed E-state index contributed by atoms with van der Waals surface area (Å²) < 4.78 is 5.88. The Hall–Kier alpha value is -1.62. The minimum Gasteiger partial charge on any atom is -0.384 e. The highest BCUT2D eigenvalue weighted by Gasteiger charge is 2.35. The first kappa shape index (κ1) is 12.4. The quantitative estimate of drug-likeness (QED) is 0.624. The van der Waals surface area contributed by atoms with Crippen LogP contribution in [0.15, 0.2) is 18.3 Å². The summed E-state index contributed by atoms with van der Waals surface area (Å²) in [6.07, 6.45) is 6.83. The van der Waals surface area contributed by atoms with Crippen molar-refractivity contribution in [2.45, 2.75) is 37.8 Å². The fourth-order valence-electron chi connectivity index (χ4n) is 3.20. The SMILES string of the molecule is N=C(N)c1cccnc1N1CCOC2CCCCC21. The summed E-state index contributed by atoms with van der Waals surface area (Å²) in [6.45, 7) is 1.56. The molecule has 0 spiro atoms. The molecule has 1 aliphatic carbocycles. The number of anilines is 1. The number of amidine groups is 1. The standard InChI is InChI=1S/C14H20N4O/c15-13(16)10-4-3-7-17-14(10)18-8-9-19-12-6-2-1-5-11(12)18/h3-4,7,11-12H,1-2,5-6,8-9H2,(H3,15,16). The number of ether oxygens (including phenoxy) is 1. The maximum Gasteiger partial charge on any atom is 0.139 e. The van der Waals surface area contributed by atoms with Gasteiger partial charge in [0, 0.05) is 12.7 Å². The third kappa shape index (κ3) is 2.30. The lowest BCUT2D eigenvalue weighted by molar-refractivity contribution is -0.00899. The first-order valence-electron chi connectivity index (χ1n) is 6.95. The number of pyridine rings is 1. The number of aromatic nitrogens is 1. The van der Waals surface area contributed by atoms with Crippen LogP contribution >= 0.6 is 0 Å². The summed E-state index contributed by atoms with van der Waals surface area (Å²) in [5.74, 6) is 0.928. The van der Waals surface area contributed by atoms with E-state index in [1.165, 1.54) is 12.8 Å². The van der Waals surface area contributed by atoms with Gasteiger partial charge in [0.05, 0.1) is 24.3 Å². The van der Waals surface area contributed by atoms with Crippen molar-refractivity contribution in [3.8, 4) is 0 Å². The molecule has 0 amide bonds. The smallest absolute Gasteiger partial charge is 0.139 e. The van der Waals surface area contributed by atoms with Crippen molar-refractivity contribution in [2.75, 3.05) is 18.1 Å². The van der Waals surface area contributed by atoms with Gasteiger partial charge in [0.1, 0.15) is 11.7 Å². The Bertz CT molecular complexity index is 474. The van der Waals surface area contributed by atoms with E-state index in [-0.39, 0.29) is 5.84 Å². The van der Waals surface area contributed by atoms with Crippen LogP contribution in [0.1, 0.15) is 31.2 Å². The van der Waals surface area contributed by atoms with E-state index in [1.807, 2.05) is 12.1 Å². The number of rotatable bonds is 2. The lowest BCUT2D eigenvalue weighted by atomic mass is 9.90. The average molecular weight is 260 g/mol. The van der Waals surface area contributed by atoms with Crippen LogP contribution in [0.25, 0.3) is 0 Å². The predicted octanol–water partition coefficient (Wildman–Crippen LogP) is 1.51. The van der Waals surface area contributed by atoms with Gasteiger partial charge in [0.2, 0.25) is 0 Å². The van der Waals surface area contributed by atoms with Gasteiger partial charge >= 0.3 is 0 Å². The second-order valence-corrected chi connectivity index (χ2v) is 5.24. The van der Waals surface area contributed by atoms with Crippen molar-refractivity contribution in [3.05, 3.63) is 23.9 Å². The predicted molar refractivity (Wildman–Crippen MR) is 74.6 cm³/mol. The number of hydrogen-bond acceptors (Lipinski definition) is 4. The van der Waals surface area contributed by atoms with Gasteiger partial charge in [0.15, 0.2) is 0 Å². The van der Waals surface area contributed by atoms with Gasteiger partial charge in [-0.05, 0) is 25.0 Å². The van der Waals surface area contributed by atoms with Crippen LogP contribution in [0, 0.1) is 5.41 Å². The van der Waals surface area contributed by atoms with E-state index in [9.17, 15) is 0 Å². The summed E-state index contributed by atoms with van der Waals surface area (Å²) in [7, 11) is 0. The Morgan fingerprint density at radius 3 is 3.11 bits per heavy atom. The molecule has 0 bridgehead atoms. The van der Waals surface area contributed by atoms with E-state index in [0.717, 1.165) is 37.4 Å². The molecule has 1 aliphatic heterocycles. The van der Waals surface area contributed by atoms with Crippen molar-refractivity contribution >= 4 is 11.7 Å². The van der Waals surface area contributed by atoms with Gasteiger partial charge in [-0.1, -0.05) is 12.8 Å². The maximum atomic E-state index is 7.71. The molecule has 2 fully saturated rings. The summed E-state index contributed by atoms with van der Waals surface area (Å²) in [6, 6.07) is 4.09. The molecule has 0 radical (unpaired) electrons. The van der Waals surface area contributed by atoms with Gasteiger partial charge in [-0.15, -0.1) is 0 Å². The highest BCUT2D eigenvalue weighted by Crippen LogP contribution is 2.32. The summed E-state index contributed by atoms with van der Waals surface area (Å²) >= 11 is 0. The van der Waals surface area contributed by atoms with E-state index >= 15 is 0 Å². The fraction of sp³-hybridized carbons (Fsp3) is 0.571. The number of hydrogen-bond donors (Lipinski definition) is 2. The van der Waals surface area contributed by atoms with Crippen LogP contribution in [0.5, 0.6) is 0 Å². The lowest BCUT2D eigenvalue weighted by Gasteiger charge is -2.44. The maximum absolute atomic E-state index is 7.71. The molecule has 2 atom stereocenters. The van der Waals surface area contributed by atoms with Crippen LogP contribution in [-0.4, -0.2) is 36.1 Å². The topological polar surface area (TPSA) is 75.2 Å². The zero-order valence-corrected chi connectivity index (χ0v) is 11.0. The first-order valence-corrected chi connectivity index (χ1v) is 6.95. The van der Waals surface area contributed by atoms with E-state index in [0.29, 0.717) is 12.1 Å². The molecule has 19 heavy (non-hydrogen) atoms. The van der Waals surface area contributed by atoms with Crippen LogP contribution in [0.2, 0.25) is 0 Å². The number of nitrogens with one attached hydrogen (secondary N) is 1. The van der Waals surface area contributed by atoms with E-state index in [1.54, 1.807) is 6.20 Å². The molecule has 1 saturated carbocycles. The monoisotopic (exact) mass is 260 g/mol. The van der Waals surface area contributed by atoms with Crippen LogP contribution < -0.4 is 10.6 Å². The molecule has 3 rings (SSSR count). The number of nitrogens with two attached hydrogens (primary N) is 1. The summed E-state index contributed by atoms with van der Waals surface area (Å²) in [5, 5.41) is 7.71. The Kier molecular flexibility index (Phi) is 3.38. The van der Waals surface area contributed by atoms with Crippen molar-refractivity contribution in [1.82, 2.24) is 4.98 Å². The van der Waals surface area contributed by atoms with Gasteiger partial charge in [-0.25, -0.2) is 4.98 Å². The van der Waals surface area contributed by atoms with Crippen molar-refractivity contribution in [3.63, 3.8) is 0 Å². The molecule has 0 aromatic carbocycles. The van der Waals surface area contributed by atoms with Crippen molar-refractivity contribution < 1.29 is 4.74 Å². The minimum absolute atomic E-state index is 0.0851. The zero-order valence-electron chi connectivity index (χ0n) is 11.0. The first-order chi connectivity index (χ1) is 9.27. The molecule has 3 N–H and O–H groups in total. The molecule has 1 aromatic heterocycles. The Balaban J connectivity index is 1.94. The molecular formula is C14H20N4O. The molecule has 1 aromatic rings. The van der Waals surface area contributed by atoms with Gasteiger partial charge in [0.25, 0.3) is 0 Å². The van der Waals surface area contributed by atoms with Gasteiger partial charge in [-0.3, -0.25) is 5.41 Å². The molecule has 5 heteroatoms. The fourth-order valence-corrected chi connectivity index (χ4v) is 3.20. The molecule has 2 heterocycles. The molecule has 1 saturated heterocycles. The van der Waals surface area contributed by atoms with E-state index < -0.39 is 0 Å². The lowest BCUT2D eigenvalue weighted by Crippen LogP contribution is -2.53. The van der Waals surface area contributed by atoms with Crippen LogP contribution in [-0.2, 0) is 4.74 Å². The Labute approximate surface area is 113 Å². The zero-order chi connectivity index (χ0) is 13.2. The third-order valence-corrected chi connectivity index (χ3v) is 4.08. The number of nitrogens with zero attached hydrogens (tertiary/aromatic N) is 2. The highest BCUT2D eigenvalue weighted by atomic mass is 16.5. The molecule has 2 unspecified atom stereocenters. The number of fused-ring (bicyclic) bond motifs is 1. The third-order valence-electron chi connectivity index (χ3n) is 4.08. The van der Waals surface area contributed by atoms with Crippen molar-refractivity contribution in [1.29, 1.82) is 5.41 Å². The van der Waals surface area contributed by atoms with E-state index in [4.69, 9.17) is 15.9 Å². The van der Waals surface area contributed by atoms with E-state index in [2.05, 4.69) is 9.88 Å². The van der Waals surface area contributed by atoms with Crippen LogP contribution in [0.4, 0.5) is 5.82 Å². The van der Waals surface area contributed by atoms with Crippen molar-refractivity contribution in [2.24, 2.45) is 5.73 Å². The molecule has 5 nitrogen and oxygen atoms in total. The second-order valence-electron chi connectivity index (χ2n) is 5.24. The number of morpholine rings is 1. The average Bonchev–Trinajstić information content (AvgIpc) is 2.46. The minimum atomic E-state index is 0.0851. The second kappa shape index (κ2) is 5.17. The Morgan fingerprint density at radius 2 is 2.26 bits per heavy atom. The normalized spacial score (nSPS) is 26.8. The highest BCUT2D eigenvalue weighted by molar-refractivity contribution is 5.99. The van der Waals surface area contributed by atoms with Crippen LogP contribution in [0.3, 0.4) is 0 Å².